The largest absolute Gasteiger partial charge is 0.493 e. The molecule has 2 aromatic carbocycles. The molecule has 3 N–H and O–H groups in total. The van der Waals surface area contributed by atoms with Crippen LogP contribution in [0, 0.1) is 0 Å². The second-order valence-corrected chi connectivity index (χ2v) is 7.02. The Bertz CT molecular complexity index is 1330. The summed E-state index contributed by atoms with van der Waals surface area (Å²) in [7, 11) is 1.38. The number of ether oxygens (including phenoxy) is 2. The topological polar surface area (TPSA) is 143 Å². The molecule has 0 amide bonds. The van der Waals surface area contributed by atoms with Crippen molar-refractivity contribution >= 4 is 17.1 Å². The van der Waals surface area contributed by atoms with Crippen molar-refractivity contribution in [1.29, 1.82) is 0 Å². The molecule has 4 rings (SSSR count). The quantitative estimate of drug-likeness (QED) is 0.383. The van der Waals surface area contributed by atoms with Gasteiger partial charge in [0.05, 0.1) is 12.2 Å². The van der Waals surface area contributed by atoms with Crippen LogP contribution in [0.15, 0.2) is 47.3 Å². The summed E-state index contributed by atoms with van der Waals surface area (Å²) in [5.41, 5.74) is 3.16. The zero-order valence-electron chi connectivity index (χ0n) is 17.5. The molecule has 0 unspecified atom stereocenters. The molecule has 0 saturated carbocycles. The maximum atomic E-state index is 12.3. The number of hydrogen-bond acceptors (Lipinski definition) is 7. The summed E-state index contributed by atoms with van der Waals surface area (Å²) in [5, 5.41) is 19.3. The first kappa shape index (κ1) is 21.2. The van der Waals surface area contributed by atoms with Gasteiger partial charge in [-0.1, -0.05) is 30.3 Å². The predicted molar refractivity (Wildman–Crippen MR) is 116 cm³/mol. The van der Waals surface area contributed by atoms with Crippen LogP contribution in [0.1, 0.15) is 12.5 Å². The minimum Gasteiger partial charge on any atom is -0.493 e. The van der Waals surface area contributed by atoms with Gasteiger partial charge < -0.3 is 19.6 Å². The minimum absolute atomic E-state index is 0.135. The van der Waals surface area contributed by atoms with Crippen molar-refractivity contribution in [2.45, 2.75) is 19.4 Å². The number of nitrogens with one attached hydrogen (secondary N) is 2. The Balaban J connectivity index is 1.72. The van der Waals surface area contributed by atoms with Gasteiger partial charge in [0, 0.05) is 13.5 Å². The van der Waals surface area contributed by atoms with Crippen molar-refractivity contribution in [1.82, 2.24) is 25.4 Å². The van der Waals surface area contributed by atoms with Crippen LogP contribution in [-0.2, 0) is 16.0 Å². The fourth-order valence-corrected chi connectivity index (χ4v) is 3.42. The zero-order chi connectivity index (χ0) is 22.7. The van der Waals surface area contributed by atoms with Crippen LogP contribution in [0.4, 0.5) is 0 Å². The van der Waals surface area contributed by atoms with Crippen molar-refractivity contribution in [2.24, 2.45) is 0 Å². The summed E-state index contributed by atoms with van der Waals surface area (Å²) in [6.07, 6.45) is -0.667. The van der Waals surface area contributed by atoms with Gasteiger partial charge in [-0.05, 0) is 35.7 Å². The lowest BCUT2D eigenvalue weighted by Gasteiger charge is -2.14. The fraction of sp³-hybridized carbons (Fsp3) is 0.227. The molecule has 32 heavy (non-hydrogen) atoms. The van der Waals surface area contributed by atoms with E-state index in [-0.39, 0.29) is 17.6 Å². The number of rotatable bonds is 8. The van der Waals surface area contributed by atoms with E-state index in [1.807, 2.05) is 49.4 Å². The number of fused-ring (bicyclic) bond motifs is 1. The number of nitrogens with zero attached hydrogens (tertiary/aromatic N) is 3. The van der Waals surface area contributed by atoms with E-state index in [4.69, 9.17) is 9.47 Å². The number of methoxy groups -OCH3 is 1. The first-order valence-corrected chi connectivity index (χ1v) is 9.93. The van der Waals surface area contributed by atoms with Gasteiger partial charge in [0.1, 0.15) is 11.6 Å². The first-order chi connectivity index (χ1) is 15.5. The molecule has 0 fully saturated rings. The summed E-state index contributed by atoms with van der Waals surface area (Å²) in [6, 6.07) is 13.1. The van der Waals surface area contributed by atoms with Crippen LogP contribution in [0.2, 0.25) is 0 Å². The van der Waals surface area contributed by atoms with Gasteiger partial charge >= 0.3 is 5.97 Å². The van der Waals surface area contributed by atoms with Crippen molar-refractivity contribution in [2.75, 3.05) is 13.7 Å². The van der Waals surface area contributed by atoms with Crippen molar-refractivity contribution < 1.29 is 19.4 Å². The third kappa shape index (κ3) is 4.21. The highest BCUT2D eigenvalue weighted by Crippen LogP contribution is 2.33. The Morgan fingerprint density at radius 3 is 2.72 bits per heavy atom. The van der Waals surface area contributed by atoms with Gasteiger partial charge in [0.2, 0.25) is 5.65 Å². The van der Waals surface area contributed by atoms with E-state index < -0.39 is 17.6 Å². The third-order valence-electron chi connectivity index (χ3n) is 4.97. The van der Waals surface area contributed by atoms with Crippen molar-refractivity contribution in [3.05, 3.63) is 58.4 Å². The summed E-state index contributed by atoms with van der Waals surface area (Å²) >= 11 is 0. The Kier molecular flexibility index (Phi) is 5.95. The number of carboxylic acid groups (broad SMARTS) is 1. The summed E-state index contributed by atoms with van der Waals surface area (Å²) in [6.45, 7) is 2.28. The average molecular weight is 435 g/mol. The maximum absolute atomic E-state index is 12.3. The number of H-pyrrole nitrogens is 2. The molecule has 2 aromatic heterocycles. The Labute approximate surface area is 182 Å². The molecule has 0 aliphatic carbocycles. The molecule has 0 saturated heterocycles. The van der Waals surface area contributed by atoms with E-state index in [2.05, 4.69) is 25.4 Å². The van der Waals surface area contributed by atoms with Gasteiger partial charge in [-0.2, -0.15) is 5.21 Å². The van der Waals surface area contributed by atoms with Gasteiger partial charge in [0.15, 0.2) is 11.6 Å². The van der Waals surface area contributed by atoms with Gasteiger partial charge in [-0.3, -0.25) is 4.79 Å². The molecule has 0 aliphatic rings. The van der Waals surface area contributed by atoms with E-state index >= 15 is 0 Å². The van der Waals surface area contributed by atoms with Crippen LogP contribution in [0.3, 0.4) is 0 Å². The van der Waals surface area contributed by atoms with E-state index in [0.717, 1.165) is 16.7 Å². The lowest BCUT2D eigenvalue weighted by Crippen LogP contribution is -2.24. The number of aromatic amines is 2. The minimum atomic E-state index is -1.01. The highest BCUT2D eigenvalue weighted by Gasteiger charge is 2.18. The lowest BCUT2D eigenvalue weighted by molar-refractivity contribution is -0.148. The first-order valence-electron chi connectivity index (χ1n) is 9.93. The van der Waals surface area contributed by atoms with Gasteiger partial charge in [-0.15, -0.1) is 10.2 Å². The molecule has 4 aromatic rings. The summed E-state index contributed by atoms with van der Waals surface area (Å²) < 4.78 is 10.9. The van der Waals surface area contributed by atoms with Crippen LogP contribution >= 0.6 is 0 Å². The standard InChI is InChI=1S/C22H21N5O5/c1-3-32-16-11-14(13-6-4-5-12(9-13)10-17(31-2)22(29)30)7-8-15(16)19-23-20-18(21(28)24-19)25-27-26-20/h4-9,11,17H,3,10H2,1-2H3,(H,29,30)(H2,23,24,25,26,27,28)/t17-/m0/s1. The highest BCUT2D eigenvalue weighted by molar-refractivity contribution is 5.77. The molecule has 164 valence electrons. The van der Waals surface area contributed by atoms with E-state index in [1.54, 1.807) is 0 Å². The number of carboxylic acids is 1. The summed E-state index contributed by atoms with van der Waals surface area (Å²) in [5.74, 6) is -0.141. The Hall–Kier alpha value is -4.05. The molecule has 2 heterocycles. The van der Waals surface area contributed by atoms with Crippen LogP contribution in [-0.4, -0.2) is 56.3 Å². The monoisotopic (exact) mass is 435 g/mol. The molecule has 10 heteroatoms. The van der Waals surface area contributed by atoms with Gasteiger partial charge in [0.25, 0.3) is 5.56 Å². The van der Waals surface area contributed by atoms with Gasteiger partial charge in [-0.25, -0.2) is 9.78 Å². The number of aliphatic carboxylic acids is 1. The number of aromatic nitrogens is 5. The fourth-order valence-electron chi connectivity index (χ4n) is 3.42. The second-order valence-electron chi connectivity index (χ2n) is 7.02. The molecule has 10 nitrogen and oxygen atoms in total. The van der Waals surface area contributed by atoms with Crippen molar-refractivity contribution in [3.8, 4) is 28.3 Å². The average Bonchev–Trinajstić information content (AvgIpc) is 3.27. The molecule has 0 aliphatic heterocycles. The third-order valence-corrected chi connectivity index (χ3v) is 4.97. The zero-order valence-corrected chi connectivity index (χ0v) is 17.5. The van der Waals surface area contributed by atoms with Crippen LogP contribution in [0.5, 0.6) is 5.75 Å². The molecule has 0 radical (unpaired) electrons. The maximum Gasteiger partial charge on any atom is 0.333 e. The van der Waals surface area contributed by atoms with E-state index in [1.165, 1.54) is 7.11 Å². The number of hydrogen-bond donors (Lipinski definition) is 3. The number of carbonyl (C=O) groups is 1. The normalized spacial score (nSPS) is 12.1. The van der Waals surface area contributed by atoms with Crippen LogP contribution in [0.25, 0.3) is 33.7 Å². The SMILES string of the molecule is CCOc1cc(-c2cccc(C[C@H](OC)C(=O)O)c2)ccc1-c1nc2n[nH]nc2c(=O)[nH]1. The van der Waals surface area contributed by atoms with Crippen molar-refractivity contribution in [3.63, 3.8) is 0 Å². The Morgan fingerprint density at radius 2 is 1.97 bits per heavy atom. The molecular formula is C22H21N5O5. The Morgan fingerprint density at radius 1 is 1.16 bits per heavy atom. The van der Waals surface area contributed by atoms with E-state index in [0.29, 0.717) is 23.7 Å². The lowest BCUT2D eigenvalue weighted by atomic mass is 9.98. The molecule has 1 atom stereocenters. The van der Waals surface area contributed by atoms with Crippen LogP contribution < -0.4 is 10.3 Å². The summed E-state index contributed by atoms with van der Waals surface area (Å²) in [4.78, 5) is 30.7. The molecule has 0 bridgehead atoms. The number of benzene rings is 2. The molecule has 0 spiro atoms. The predicted octanol–water partition coefficient (Wildman–Crippen LogP) is 2.42. The highest BCUT2D eigenvalue weighted by atomic mass is 16.5. The second kappa shape index (κ2) is 8.98. The smallest absolute Gasteiger partial charge is 0.333 e. The van der Waals surface area contributed by atoms with E-state index in [9.17, 15) is 14.7 Å². The molecular weight excluding hydrogens is 414 g/mol.